The smallest absolute Gasteiger partial charge is 0.230 e. The van der Waals surface area contributed by atoms with Crippen LogP contribution >= 0.6 is 11.8 Å². The van der Waals surface area contributed by atoms with Crippen LogP contribution in [-0.4, -0.2) is 16.6 Å². The number of benzene rings is 1. The third-order valence-corrected chi connectivity index (χ3v) is 4.50. The van der Waals surface area contributed by atoms with E-state index >= 15 is 0 Å². The molecule has 1 amide bonds. The predicted molar refractivity (Wildman–Crippen MR) is 92.5 cm³/mol. The minimum atomic E-state index is -0.132. The van der Waals surface area contributed by atoms with Crippen LogP contribution in [0.3, 0.4) is 0 Å². The fourth-order valence-corrected chi connectivity index (χ4v) is 3.09. The standard InChI is InChI=1S/C18H15N3O2S/c1-12-4-2-5-13-8-14(9-19)18(21-17(12)13)24-11-16(22)20-10-15-6-3-7-23-15/h2-8H,10-11H2,1H3,(H,20,22). The van der Waals surface area contributed by atoms with Crippen LogP contribution in [0.25, 0.3) is 10.9 Å². The van der Waals surface area contributed by atoms with Crippen molar-refractivity contribution in [3.05, 3.63) is 59.5 Å². The van der Waals surface area contributed by atoms with Gasteiger partial charge in [0, 0.05) is 5.39 Å². The van der Waals surface area contributed by atoms with Crippen molar-refractivity contribution < 1.29 is 9.21 Å². The minimum absolute atomic E-state index is 0.132. The fraction of sp³-hybridized carbons (Fsp3) is 0.167. The largest absolute Gasteiger partial charge is 0.467 e. The van der Waals surface area contributed by atoms with E-state index in [-0.39, 0.29) is 11.7 Å². The molecule has 0 bridgehead atoms. The van der Waals surface area contributed by atoms with Gasteiger partial charge < -0.3 is 9.73 Å². The molecular formula is C18H15N3O2S. The highest BCUT2D eigenvalue weighted by molar-refractivity contribution is 8.00. The van der Waals surface area contributed by atoms with Gasteiger partial charge >= 0.3 is 0 Å². The number of para-hydroxylation sites is 1. The van der Waals surface area contributed by atoms with E-state index in [9.17, 15) is 10.1 Å². The first-order valence-electron chi connectivity index (χ1n) is 7.39. The molecule has 0 radical (unpaired) electrons. The summed E-state index contributed by atoms with van der Waals surface area (Å²) in [5, 5.41) is 13.6. The van der Waals surface area contributed by atoms with Crippen LogP contribution in [0.4, 0.5) is 0 Å². The Balaban J connectivity index is 1.71. The lowest BCUT2D eigenvalue weighted by Crippen LogP contribution is -2.24. The van der Waals surface area contributed by atoms with Crippen LogP contribution < -0.4 is 5.32 Å². The number of aryl methyl sites for hydroxylation is 1. The van der Waals surface area contributed by atoms with Crippen LogP contribution in [-0.2, 0) is 11.3 Å². The molecule has 120 valence electrons. The predicted octanol–water partition coefficient (Wildman–Crippen LogP) is 3.42. The van der Waals surface area contributed by atoms with Crippen molar-refractivity contribution in [3.63, 3.8) is 0 Å². The molecular weight excluding hydrogens is 322 g/mol. The molecule has 6 heteroatoms. The molecule has 24 heavy (non-hydrogen) atoms. The van der Waals surface area contributed by atoms with Gasteiger partial charge in [-0.15, -0.1) is 0 Å². The summed E-state index contributed by atoms with van der Waals surface area (Å²) in [7, 11) is 0. The van der Waals surface area contributed by atoms with E-state index in [1.807, 2.05) is 31.2 Å². The third-order valence-electron chi connectivity index (χ3n) is 3.51. The zero-order valence-electron chi connectivity index (χ0n) is 13.1. The van der Waals surface area contributed by atoms with Gasteiger partial charge in [-0.05, 0) is 30.7 Å². The lowest BCUT2D eigenvalue weighted by atomic mass is 10.1. The Hall–Kier alpha value is -2.78. The number of hydrogen-bond acceptors (Lipinski definition) is 5. The Morgan fingerprint density at radius 2 is 2.25 bits per heavy atom. The van der Waals surface area contributed by atoms with Gasteiger partial charge in [0.1, 0.15) is 16.9 Å². The van der Waals surface area contributed by atoms with E-state index in [1.54, 1.807) is 18.4 Å². The van der Waals surface area contributed by atoms with Crippen molar-refractivity contribution in [2.45, 2.75) is 18.5 Å². The third kappa shape index (κ3) is 3.58. The molecule has 0 atom stereocenters. The Kier molecular flexibility index (Phi) is 4.82. The van der Waals surface area contributed by atoms with E-state index in [0.29, 0.717) is 22.9 Å². The zero-order chi connectivity index (χ0) is 16.9. The van der Waals surface area contributed by atoms with Crippen molar-refractivity contribution >= 4 is 28.6 Å². The van der Waals surface area contributed by atoms with E-state index in [2.05, 4.69) is 16.4 Å². The number of nitrogens with one attached hydrogen (secondary N) is 1. The summed E-state index contributed by atoms with van der Waals surface area (Å²) in [5.41, 5.74) is 2.38. The Morgan fingerprint density at radius 3 is 3.00 bits per heavy atom. The van der Waals surface area contributed by atoms with Crippen molar-refractivity contribution in [1.82, 2.24) is 10.3 Å². The molecule has 2 heterocycles. The molecule has 0 spiro atoms. The maximum absolute atomic E-state index is 12.0. The van der Waals surface area contributed by atoms with Crippen LogP contribution in [0.15, 0.2) is 52.1 Å². The summed E-state index contributed by atoms with van der Waals surface area (Å²) >= 11 is 1.26. The van der Waals surface area contributed by atoms with E-state index in [1.165, 1.54) is 11.8 Å². The van der Waals surface area contributed by atoms with Crippen LogP contribution in [0.5, 0.6) is 0 Å². The molecule has 2 aromatic heterocycles. The number of amides is 1. The van der Waals surface area contributed by atoms with Gasteiger partial charge in [0.25, 0.3) is 0 Å². The SMILES string of the molecule is Cc1cccc2cc(C#N)c(SCC(=O)NCc3ccco3)nc12. The van der Waals surface area contributed by atoms with Gasteiger partial charge in [-0.3, -0.25) is 4.79 Å². The molecule has 0 aliphatic heterocycles. The summed E-state index contributed by atoms with van der Waals surface area (Å²) in [6, 6.07) is 13.4. The van der Waals surface area contributed by atoms with Crippen LogP contribution in [0.1, 0.15) is 16.9 Å². The van der Waals surface area contributed by atoms with Gasteiger partial charge in [0.2, 0.25) is 5.91 Å². The van der Waals surface area contributed by atoms with E-state index in [4.69, 9.17) is 4.42 Å². The minimum Gasteiger partial charge on any atom is -0.467 e. The van der Waals surface area contributed by atoms with E-state index < -0.39 is 0 Å². The monoisotopic (exact) mass is 337 g/mol. The highest BCUT2D eigenvalue weighted by atomic mass is 32.2. The lowest BCUT2D eigenvalue weighted by Gasteiger charge is -2.07. The highest BCUT2D eigenvalue weighted by Crippen LogP contribution is 2.26. The number of fused-ring (bicyclic) bond motifs is 1. The van der Waals surface area contributed by atoms with Crippen molar-refractivity contribution in [2.75, 3.05) is 5.75 Å². The van der Waals surface area contributed by atoms with E-state index in [0.717, 1.165) is 16.5 Å². The number of carbonyl (C=O) groups excluding carboxylic acids is 1. The number of thioether (sulfide) groups is 1. The topological polar surface area (TPSA) is 78.9 Å². The number of pyridine rings is 1. The van der Waals surface area contributed by atoms with Gasteiger partial charge in [-0.1, -0.05) is 30.0 Å². The van der Waals surface area contributed by atoms with Gasteiger partial charge in [0.15, 0.2) is 0 Å². The summed E-state index contributed by atoms with van der Waals surface area (Å²) in [6.45, 7) is 2.33. The highest BCUT2D eigenvalue weighted by Gasteiger charge is 2.11. The number of carbonyl (C=O) groups is 1. The second-order valence-corrected chi connectivity index (χ2v) is 6.21. The Bertz CT molecular complexity index is 914. The molecule has 1 aromatic carbocycles. The van der Waals surface area contributed by atoms with Crippen LogP contribution in [0.2, 0.25) is 0 Å². The maximum Gasteiger partial charge on any atom is 0.230 e. The molecule has 0 unspecified atom stereocenters. The average molecular weight is 337 g/mol. The van der Waals surface area contributed by atoms with Crippen molar-refractivity contribution in [3.8, 4) is 6.07 Å². The molecule has 3 aromatic rings. The van der Waals surface area contributed by atoms with Crippen LogP contribution in [0, 0.1) is 18.3 Å². The lowest BCUT2D eigenvalue weighted by molar-refractivity contribution is -0.118. The second-order valence-electron chi connectivity index (χ2n) is 5.24. The van der Waals surface area contributed by atoms with Crippen molar-refractivity contribution in [2.24, 2.45) is 0 Å². The van der Waals surface area contributed by atoms with Crippen molar-refractivity contribution in [1.29, 1.82) is 5.26 Å². The summed E-state index contributed by atoms with van der Waals surface area (Å²) in [4.78, 5) is 16.5. The maximum atomic E-state index is 12.0. The van der Waals surface area contributed by atoms with Gasteiger partial charge in [0.05, 0.1) is 29.6 Å². The molecule has 3 rings (SSSR count). The number of hydrogen-bond donors (Lipinski definition) is 1. The second kappa shape index (κ2) is 7.20. The number of nitriles is 1. The van der Waals surface area contributed by atoms with Gasteiger partial charge in [-0.2, -0.15) is 5.26 Å². The molecule has 0 aliphatic carbocycles. The molecule has 0 saturated heterocycles. The summed E-state index contributed by atoms with van der Waals surface area (Å²) in [6.07, 6.45) is 1.57. The average Bonchev–Trinajstić information content (AvgIpc) is 3.11. The Labute approximate surface area is 143 Å². The quantitative estimate of drug-likeness (QED) is 0.722. The molecule has 1 N–H and O–H groups in total. The first-order chi connectivity index (χ1) is 11.7. The number of nitrogens with zero attached hydrogens (tertiary/aromatic N) is 2. The molecule has 5 nitrogen and oxygen atoms in total. The first-order valence-corrected chi connectivity index (χ1v) is 8.38. The summed E-state index contributed by atoms with van der Waals surface area (Å²) < 4.78 is 5.17. The number of furan rings is 1. The molecule has 0 fully saturated rings. The first kappa shape index (κ1) is 16.1. The Morgan fingerprint density at radius 1 is 1.38 bits per heavy atom. The normalized spacial score (nSPS) is 10.5. The summed E-state index contributed by atoms with van der Waals surface area (Å²) in [5.74, 6) is 0.761. The number of aromatic nitrogens is 1. The fourth-order valence-electron chi connectivity index (χ4n) is 2.30. The molecule has 0 saturated carbocycles. The zero-order valence-corrected chi connectivity index (χ0v) is 13.9. The molecule has 0 aliphatic rings. The number of rotatable bonds is 5. The van der Waals surface area contributed by atoms with Gasteiger partial charge in [-0.25, -0.2) is 4.98 Å².